The molecule has 28 heavy (non-hydrogen) atoms. The average Bonchev–Trinajstić information content (AvgIpc) is 2.65. The van der Waals surface area contributed by atoms with Gasteiger partial charge in [0.25, 0.3) is 0 Å². The number of hydrogen-bond donors (Lipinski definition) is 0. The van der Waals surface area contributed by atoms with E-state index in [0.29, 0.717) is 32.8 Å². The summed E-state index contributed by atoms with van der Waals surface area (Å²) < 4.78 is 10.5. The molecule has 0 aliphatic carbocycles. The third-order valence-corrected chi connectivity index (χ3v) is 5.06. The molecule has 0 radical (unpaired) electrons. The predicted octanol–water partition coefficient (Wildman–Crippen LogP) is 2.99. The molecule has 2 heterocycles. The van der Waals surface area contributed by atoms with Crippen LogP contribution in [-0.2, 0) is 19.1 Å². The first-order valence-corrected chi connectivity index (χ1v) is 10.3. The predicted molar refractivity (Wildman–Crippen MR) is 106 cm³/mol. The highest BCUT2D eigenvalue weighted by atomic mass is 16.6. The highest BCUT2D eigenvalue weighted by molar-refractivity contribution is 5.88. The Balaban J connectivity index is 1.79. The molecule has 0 N–H and O–H groups in total. The molecule has 2 fully saturated rings. The molecule has 2 rings (SSSR count). The Morgan fingerprint density at radius 2 is 1.71 bits per heavy atom. The number of piperidine rings is 2. The largest absolute Gasteiger partial charge is 0.466 e. The number of allylic oxidation sites excluding steroid dienone is 1. The number of rotatable bonds is 4. The zero-order valence-corrected chi connectivity index (χ0v) is 17.6. The van der Waals surface area contributed by atoms with Crippen molar-refractivity contribution in [2.75, 3.05) is 32.8 Å². The monoisotopic (exact) mass is 394 g/mol. The summed E-state index contributed by atoms with van der Waals surface area (Å²) in [6.07, 6.45) is 6.52. The quantitative estimate of drug-likeness (QED) is 0.541. The van der Waals surface area contributed by atoms with Crippen LogP contribution in [0.5, 0.6) is 0 Å². The Morgan fingerprint density at radius 3 is 2.32 bits per heavy atom. The molecule has 1 atom stereocenters. The summed E-state index contributed by atoms with van der Waals surface area (Å²) in [7, 11) is 0. The maximum atomic E-state index is 12.5. The summed E-state index contributed by atoms with van der Waals surface area (Å²) in [6.45, 7) is 10.1. The van der Waals surface area contributed by atoms with Crippen LogP contribution in [0.15, 0.2) is 12.2 Å². The molecule has 2 amide bonds. The lowest BCUT2D eigenvalue weighted by Crippen LogP contribution is -2.42. The van der Waals surface area contributed by atoms with Gasteiger partial charge >= 0.3 is 12.1 Å². The van der Waals surface area contributed by atoms with Crippen molar-refractivity contribution in [1.29, 1.82) is 0 Å². The summed E-state index contributed by atoms with van der Waals surface area (Å²) in [5.74, 6) is -0.210. The Kier molecular flexibility index (Phi) is 7.89. The third-order valence-electron chi connectivity index (χ3n) is 5.06. The van der Waals surface area contributed by atoms with Crippen molar-refractivity contribution in [3.8, 4) is 0 Å². The van der Waals surface area contributed by atoms with Crippen LogP contribution < -0.4 is 0 Å². The van der Waals surface area contributed by atoms with Gasteiger partial charge in [-0.1, -0.05) is 6.08 Å². The van der Waals surface area contributed by atoms with Crippen LogP contribution in [0.1, 0.15) is 53.4 Å². The molecule has 0 bridgehead atoms. The Bertz CT molecular complexity index is 588. The van der Waals surface area contributed by atoms with Crippen molar-refractivity contribution in [1.82, 2.24) is 9.80 Å². The van der Waals surface area contributed by atoms with Gasteiger partial charge in [0, 0.05) is 26.2 Å². The topological polar surface area (TPSA) is 76.2 Å². The normalized spacial score (nSPS) is 21.6. The molecule has 0 spiro atoms. The van der Waals surface area contributed by atoms with E-state index in [4.69, 9.17) is 9.47 Å². The van der Waals surface area contributed by atoms with E-state index in [2.05, 4.69) is 0 Å². The van der Waals surface area contributed by atoms with Crippen LogP contribution in [0.3, 0.4) is 0 Å². The van der Waals surface area contributed by atoms with Crippen LogP contribution in [-0.4, -0.2) is 66.2 Å². The fourth-order valence-corrected chi connectivity index (χ4v) is 3.55. The molecule has 7 heteroatoms. The summed E-state index contributed by atoms with van der Waals surface area (Å²) in [6, 6.07) is 0. The van der Waals surface area contributed by atoms with Crippen LogP contribution >= 0.6 is 0 Å². The number of hydrogen-bond acceptors (Lipinski definition) is 5. The first kappa shape index (κ1) is 22.2. The summed E-state index contributed by atoms with van der Waals surface area (Å²) >= 11 is 0. The molecular weight excluding hydrogens is 360 g/mol. The third kappa shape index (κ3) is 6.84. The van der Waals surface area contributed by atoms with Gasteiger partial charge in [-0.3, -0.25) is 9.59 Å². The van der Waals surface area contributed by atoms with E-state index < -0.39 is 5.60 Å². The van der Waals surface area contributed by atoms with Crippen molar-refractivity contribution in [3.05, 3.63) is 12.2 Å². The van der Waals surface area contributed by atoms with Crippen molar-refractivity contribution in [2.45, 2.75) is 59.0 Å². The number of carbonyl (C=O) groups excluding carboxylic acids is 3. The summed E-state index contributed by atoms with van der Waals surface area (Å²) in [4.78, 5) is 40.0. The van der Waals surface area contributed by atoms with E-state index in [0.717, 1.165) is 25.7 Å². The minimum Gasteiger partial charge on any atom is -0.466 e. The Hall–Kier alpha value is -2.05. The second-order valence-corrected chi connectivity index (χ2v) is 8.54. The fourth-order valence-electron chi connectivity index (χ4n) is 3.55. The Labute approximate surface area is 168 Å². The molecule has 0 aromatic carbocycles. The zero-order chi connectivity index (χ0) is 20.7. The molecule has 158 valence electrons. The molecule has 0 saturated carbocycles. The van der Waals surface area contributed by atoms with Gasteiger partial charge in [-0.15, -0.1) is 0 Å². The van der Waals surface area contributed by atoms with Crippen LogP contribution in [0.4, 0.5) is 4.79 Å². The molecular formula is C21H34N2O5. The number of esters is 1. The first-order valence-electron chi connectivity index (χ1n) is 10.3. The number of nitrogens with zero attached hydrogens (tertiary/aromatic N) is 2. The molecule has 7 nitrogen and oxygen atoms in total. The van der Waals surface area contributed by atoms with Gasteiger partial charge in [0.15, 0.2) is 0 Å². The van der Waals surface area contributed by atoms with Crippen LogP contribution in [0.2, 0.25) is 0 Å². The van der Waals surface area contributed by atoms with Crippen molar-refractivity contribution in [2.24, 2.45) is 11.8 Å². The fraction of sp³-hybridized carbons (Fsp3) is 0.762. The van der Waals surface area contributed by atoms with E-state index in [1.807, 2.05) is 26.8 Å². The van der Waals surface area contributed by atoms with E-state index >= 15 is 0 Å². The van der Waals surface area contributed by atoms with Gasteiger partial charge in [-0.2, -0.15) is 0 Å². The molecule has 2 aliphatic heterocycles. The van der Waals surface area contributed by atoms with E-state index in [1.54, 1.807) is 22.8 Å². The minimum atomic E-state index is -0.490. The van der Waals surface area contributed by atoms with Gasteiger partial charge in [0.1, 0.15) is 5.60 Å². The van der Waals surface area contributed by atoms with Gasteiger partial charge in [0.2, 0.25) is 5.91 Å². The van der Waals surface area contributed by atoms with Crippen molar-refractivity contribution < 1.29 is 23.9 Å². The minimum absolute atomic E-state index is 0.0522. The highest BCUT2D eigenvalue weighted by Crippen LogP contribution is 2.22. The first-order chi connectivity index (χ1) is 13.2. The molecule has 0 aromatic rings. The van der Waals surface area contributed by atoms with E-state index in [-0.39, 0.29) is 29.8 Å². The van der Waals surface area contributed by atoms with Gasteiger partial charge in [-0.25, -0.2) is 4.79 Å². The van der Waals surface area contributed by atoms with Crippen LogP contribution in [0, 0.1) is 11.8 Å². The highest BCUT2D eigenvalue weighted by Gasteiger charge is 2.29. The van der Waals surface area contributed by atoms with E-state index in [1.165, 1.54) is 0 Å². The van der Waals surface area contributed by atoms with Gasteiger partial charge in [0.05, 0.1) is 12.5 Å². The number of amides is 2. The number of ether oxygens (including phenoxy) is 2. The van der Waals surface area contributed by atoms with E-state index in [9.17, 15) is 14.4 Å². The standard InChI is InChI=1S/C21H34N2O5/c1-5-27-19(25)17-7-6-12-23(15-17)18(24)9-8-16-10-13-22(14-11-16)20(26)28-21(2,3)4/h8-9,16-17H,5-7,10-15H2,1-4H3/b9-8+/t17-/m1/s1. The maximum Gasteiger partial charge on any atom is 0.410 e. The lowest BCUT2D eigenvalue weighted by molar-refractivity contribution is -0.150. The van der Waals surface area contributed by atoms with Gasteiger partial charge in [-0.05, 0) is 65.4 Å². The van der Waals surface area contributed by atoms with Crippen molar-refractivity contribution in [3.63, 3.8) is 0 Å². The second kappa shape index (κ2) is 9.94. The zero-order valence-electron chi connectivity index (χ0n) is 17.6. The van der Waals surface area contributed by atoms with Crippen LogP contribution in [0.25, 0.3) is 0 Å². The lowest BCUT2D eigenvalue weighted by atomic mass is 9.96. The molecule has 2 saturated heterocycles. The molecule has 2 aliphatic rings. The lowest BCUT2D eigenvalue weighted by Gasteiger charge is -2.33. The SMILES string of the molecule is CCOC(=O)[C@@H]1CCCN(C(=O)/C=C/C2CCN(C(=O)OC(C)(C)C)CC2)C1. The average molecular weight is 395 g/mol. The van der Waals surface area contributed by atoms with Crippen molar-refractivity contribution >= 4 is 18.0 Å². The Morgan fingerprint density at radius 1 is 1.04 bits per heavy atom. The molecule has 0 unspecified atom stereocenters. The number of likely N-dealkylation sites (tertiary alicyclic amines) is 2. The second-order valence-electron chi connectivity index (χ2n) is 8.54. The summed E-state index contributed by atoms with van der Waals surface area (Å²) in [5, 5.41) is 0. The number of carbonyl (C=O) groups is 3. The molecule has 0 aromatic heterocycles. The van der Waals surface area contributed by atoms with Gasteiger partial charge < -0.3 is 19.3 Å². The summed E-state index contributed by atoms with van der Waals surface area (Å²) in [5.41, 5.74) is -0.490. The smallest absolute Gasteiger partial charge is 0.410 e. The maximum absolute atomic E-state index is 12.5.